The lowest BCUT2D eigenvalue weighted by Crippen LogP contribution is -2.59. The van der Waals surface area contributed by atoms with Crippen molar-refractivity contribution >= 4 is 11.9 Å². The molecule has 0 aromatic heterocycles. The lowest BCUT2D eigenvalue weighted by molar-refractivity contribution is -0.305. The summed E-state index contributed by atoms with van der Waals surface area (Å²) < 4.78 is 22.1. The Morgan fingerprint density at radius 2 is 0.984 bits per heavy atom. The van der Waals surface area contributed by atoms with Gasteiger partial charge in [-0.1, -0.05) is 157 Å². The van der Waals surface area contributed by atoms with Crippen LogP contribution in [-0.2, 0) is 28.5 Å². The first kappa shape index (κ1) is 55.9. The van der Waals surface area contributed by atoms with Crippen LogP contribution in [0.3, 0.4) is 0 Å². The van der Waals surface area contributed by atoms with Crippen LogP contribution in [0.1, 0.15) is 168 Å². The van der Waals surface area contributed by atoms with E-state index in [-0.39, 0.29) is 26.1 Å². The summed E-state index contributed by atoms with van der Waals surface area (Å²) in [6, 6.07) is 0. The molecule has 348 valence electrons. The van der Waals surface area contributed by atoms with E-state index >= 15 is 0 Å². The molecule has 6 unspecified atom stereocenters. The highest BCUT2D eigenvalue weighted by Crippen LogP contribution is 2.22. The Morgan fingerprint density at radius 1 is 0.525 bits per heavy atom. The minimum Gasteiger partial charge on any atom is -0.462 e. The summed E-state index contributed by atoms with van der Waals surface area (Å²) >= 11 is 0. The molecule has 1 saturated heterocycles. The van der Waals surface area contributed by atoms with Crippen molar-refractivity contribution in [2.24, 2.45) is 0 Å². The van der Waals surface area contributed by atoms with Crippen molar-refractivity contribution in [3.8, 4) is 0 Å². The van der Waals surface area contributed by atoms with E-state index in [1.54, 1.807) is 0 Å². The minimum absolute atomic E-state index is 0.146. The maximum Gasteiger partial charge on any atom is 0.306 e. The van der Waals surface area contributed by atoms with Gasteiger partial charge in [-0.15, -0.1) is 0 Å². The normalized spacial score (nSPS) is 20.5. The fourth-order valence-corrected chi connectivity index (χ4v) is 6.55. The van der Waals surface area contributed by atoms with Gasteiger partial charge in [-0.2, -0.15) is 0 Å². The first-order valence-electron chi connectivity index (χ1n) is 23.7. The maximum absolute atomic E-state index is 12.8. The van der Waals surface area contributed by atoms with Crippen LogP contribution in [0.4, 0.5) is 0 Å². The number of unbranched alkanes of at least 4 members (excludes halogenated alkanes) is 13. The van der Waals surface area contributed by atoms with Crippen molar-refractivity contribution in [1.29, 1.82) is 0 Å². The molecule has 6 atom stereocenters. The van der Waals surface area contributed by atoms with Gasteiger partial charge in [-0.3, -0.25) is 9.59 Å². The Balaban J connectivity index is 2.35. The van der Waals surface area contributed by atoms with Gasteiger partial charge in [-0.05, 0) is 83.5 Å². The Bertz CT molecular complexity index is 1270. The first-order chi connectivity index (χ1) is 29.8. The highest BCUT2D eigenvalue weighted by molar-refractivity contribution is 5.70. The molecule has 1 rings (SSSR count). The third-order valence-electron chi connectivity index (χ3n) is 10.3. The van der Waals surface area contributed by atoms with E-state index in [0.29, 0.717) is 19.3 Å². The fraction of sp³-hybridized carbons (Fsp3) is 0.686. The van der Waals surface area contributed by atoms with Gasteiger partial charge in [0.15, 0.2) is 12.4 Å². The Kier molecular flexibility index (Phi) is 37.5. The van der Waals surface area contributed by atoms with Gasteiger partial charge in [-0.25, -0.2) is 0 Å². The van der Waals surface area contributed by atoms with Crippen molar-refractivity contribution in [3.63, 3.8) is 0 Å². The first-order valence-corrected chi connectivity index (χ1v) is 23.7. The van der Waals surface area contributed by atoms with Gasteiger partial charge in [0.25, 0.3) is 0 Å². The standard InChI is InChI=1S/C51H84O10/c1-3-5-7-9-11-13-15-17-19-21-22-24-25-27-29-31-33-35-37-39-46(53)58-42-44(43-59-51-50(57)49(56)48(55)45(41-52)61-51)60-47(54)40-38-36-34-32-30-28-26-23-20-18-16-14-12-10-8-6-4-2/h6,8,11-14,17-20,26,28,32,34,44-45,48-52,55-57H,3-5,7,9-10,15-16,21-25,27,29-31,33,35-43H2,1-2H3/b8-6-,13-11-,14-12-,19-17-,20-18-,28-26-,34-32-. The van der Waals surface area contributed by atoms with Gasteiger partial charge in [0.2, 0.25) is 0 Å². The average molecular weight is 857 g/mol. The van der Waals surface area contributed by atoms with Crippen molar-refractivity contribution in [2.75, 3.05) is 19.8 Å². The van der Waals surface area contributed by atoms with Crippen LogP contribution in [0, 0.1) is 0 Å². The van der Waals surface area contributed by atoms with Crippen LogP contribution >= 0.6 is 0 Å². The van der Waals surface area contributed by atoms with E-state index in [4.69, 9.17) is 18.9 Å². The summed E-state index contributed by atoms with van der Waals surface area (Å²) in [4.78, 5) is 25.4. The van der Waals surface area contributed by atoms with E-state index in [2.05, 4.69) is 92.8 Å². The monoisotopic (exact) mass is 857 g/mol. The topological polar surface area (TPSA) is 152 Å². The molecule has 1 aliphatic rings. The predicted octanol–water partition coefficient (Wildman–Crippen LogP) is 10.6. The Labute approximate surface area is 369 Å². The van der Waals surface area contributed by atoms with Gasteiger partial charge < -0.3 is 39.4 Å². The van der Waals surface area contributed by atoms with E-state index in [1.807, 2.05) is 6.08 Å². The SMILES string of the molecule is CC/C=C\C/C=C\C/C=C\C/C=C\C/C=C\CCCC(=O)OC(COC(=O)CCCCCCCCCCC/C=C\C/C=C\CCCCC)COC1OC(CO)C(O)C(O)C1O. The quantitative estimate of drug-likeness (QED) is 0.0268. The van der Waals surface area contributed by atoms with E-state index in [0.717, 1.165) is 64.2 Å². The third kappa shape index (κ3) is 32.3. The number of allylic oxidation sites excluding steroid dienone is 14. The van der Waals surface area contributed by atoms with Gasteiger partial charge >= 0.3 is 11.9 Å². The number of carbonyl (C=O) groups excluding carboxylic acids is 2. The molecule has 10 nitrogen and oxygen atoms in total. The zero-order valence-electron chi connectivity index (χ0n) is 37.9. The lowest BCUT2D eigenvalue weighted by Gasteiger charge is -2.39. The van der Waals surface area contributed by atoms with Crippen LogP contribution in [0.5, 0.6) is 0 Å². The summed E-state index contributed by atoms with van der Waals surface area (Å²) in [5.74, 6) is -0.886. The van der Waals surface area contributed by atoms with Crippen LogP contribution in [0.25, 0.3) is 0 Å². The zero-order chi connectivity index (χ0) is 44.4. The van der Waals surface area contributed by atoms with Crippen LogP contribution in [-0.4, -0.2) is 89.0 Å². The van der Waals surface area contributed by atoms with Crippen LogP contribution in [0.15, 0.2) is 85.1 Å². The summed E-state index contributed by atoms with van der Waals surface area (Å²) in [5.41, 5.74) is 0. The second-order valence-corrected chi connectivity index (χ2v) is 15.8. The molecule has 10 heteroatoms. The minimum atomic E-state index is -1.61. The summed E-state index contributed by atoms with van der Waals surface area (Å²) in [5, 5.41) is 40.1. The number of hydrogen-bond donors (Lipinski definition) is 4. The Hall–Kier alpha value is -3.12. The third-order valence-corrected chi connectivity index (χ3v) is 10.3. The number of rotatable bonds is 38. The van der Waals surface area contributed by atoms with Crippen molar-refractivity contribution < 1.29 is 49.0 Å². The van der Waals surface area contributed by atoms with E-state index in [1.165, 1.54) is 57.8 Å². The highest BCUT2D eigenvalue weighted by atomic mass is 16.7. The number of ether oxygens (including phenoxy) is 4. The number of aliphatic hydroxyl groups excluding tert-OH is 4. The predicted molar refractivity (Wildman–Crippen MR) is 247 cm³/mol. The molecular weight excluding hydrogens is 773 g/mol. The molecule has 1 aliphatic heterocycles. The van der Waals surface area contributed by atoms with E-state index < -0.39 is 55.4 Å². The summed E-state index contributed by atoms with van der Waals surface area (Å²) in [6.07, 6.45) is 45.9. The molecule has 1 fully saturated rings. The molecule has 0 radical (unpaired) electrons. The largest absolute Gasteiger partial charge is 0.462 e. The molecule has 61 heavy (non-hydrogen) atoms. The van der Waals surface area contributed by atoms with Gasteiger partial charge in [0.1, 0.15) is 31.0 Å². The molecule has 0 aromatic carbocycles. The van der Waals surface area contributed by atoms with E-state index in [9.17, 15) is 30.0 Å². The zero-order valence-corrected chi connectivity index (χ0v) is 37.9. The van der Waals surface area contributed by atoms with Gasteiger partial charge in [0.05, 0.1) is 13.2 Å². The summed E-state index contributed by atoms with van der Waals surface area (Å²) in [6.45, 7) is 3.21. The molecule has 0 bridgehead atoms. The molecule has 0 saturated carbocycles. The average Bonchev–Trinajstić information content (AvgIpc) is 3.26. The lowest BCUT2D eigenvalue weighted by atomic mass is 9.99. The number of hydrogen-bond acceptors (Lipinski definition) is 10. The highest BCUT2D eigenvalue weighted by Gasteiger charge is 2.44. The van der Waals surface area contributed by atoms with Gasteiger partial charge in [0, 0.05) is 12.8 Å². The number of esters is 2. The second kappa shape index (κ2) is 40.9. The Morgan fingerprint density at radius 3 is 1.51 bits per heavy atom. The van der Waals surface area contributed by atoms with Crippen molar-refractivity contribution in [2.45, 2.75) is 205 Å². The molecule has 0 aromatic rings. The molecule has 0 amide bonds. The molecule has 4 N–H and O–H groups in total. The smallest absolute Gasteiger partial charge is 0.306 e. The van der Waals surface area contributed by atoms with Crippen LogP contribution in [0.2, 0.25) is 0 Å². The summed E-state index contributed by atoms with van der Waals surface area (Å²) in [7, 11) is 0. The second-order valence-electron chi connectivity index (χ2n) is 15.8. The molecular formula is C51H84O10. The molecule has 1 heterocycles. The number of aliphatic hydroxyl groups is 4. The number of carbonyl (C=O) groups is 2. The molecule has 0 aliphatic carbocycles. The van der Waals surface area contributed by atoms with Crippen molar-refractivity contribution in [1.82, 2.24) is 0 Å². The maximum atomic E-state index is 12.8. The molecule has 0 spiro atoms. The van der Waals surface area contributed by atoms with Crippen molar-refractivity contribution in [3.05, 3.63) is 85.1 Å². The fourth-order valence-electron chi connectivity index (χ4n) is 6.55. The van der Waals surface area contributed by atoms with Crippen LogP contribution < -0.4 is 0 Å².